The summed E-state index contributed by atoms with van der Waals surface area (Å²) in [4.78, 5) is 2.62. The fourth-order valence-corrected chi connectivity index (χ4v) is 2.18. The van der Waals surface area contributed by atoms with Crippen LogP contribution in [-0.4, -0.2) is 37.1 Å². The normalized spacial score (nSPS) is 10.7. The summed E-state index contributed by atoms with van der Waals surface area (Å²) >= 11 is 8.48. The summed E-state index contributed by atoms with van der Waals surface area (Å²) in [6, 6.07) is 5.94. The van der Waals surface area contributed by atoms with Gasteiger partial charge in [0.05, 0.1) is 0 Å². The number of nitrogens with one attached hydrogen (secondary N) is 1. The lowest BCUT2D eigenvalue weighted by Gasteiger charge is -2.13. The van der Waals surface area contributed by atoms with Crippen LogP contribution in [0.3, 0.4) is 0 Å². The second-order valence-corrected chi connectivity index (χ2v) is 5.85. The Bertz CT molecular complexity index is 407. The molecule has 0 radical (unpaired) electrons. The predicted octanol–water partition coefficient (Wildman–Crippen LogP) is 2.84. The lowest BCUT2D eigenvalue weighted by atomic mass is 10.1. The van der Waals surface area contributed by atoms with E-state index in [-0.39, 0.29) is 0 Å². The van der Waals surface area contributed by atoms with E-state index in [9.17, 15) is 0 Å². The van der Waals surface area contributed by atoms with Crippen molar-refractivity contribution in [1.29, 1.82) is 0 Å². The van der Waals surface area contributed by atoms with Crippen molar-refractivity contribution in [2.45, 2.75) is 12.8 Å². The Kier molecular flexibility index (Phi) is 6.60. The van der Waals surface area contributed by atoms with E-state index in [0.717, 1.165) is 35.2 Å². The third kappa shape index (κ3) is 5.33. The minimum atomic E-state index is 0.423. The van der Waals surface area contributed by atoms with Crippen LogP contribution in [0.2, 0.25) is 0 Å². The highest BCUT2D eigenvalue weighted by molar-refractivity contribution is 9.10. The molecule has 5 heteroatoms. The van der Waals surface area contributed by atoms with Gasteiger partial charge in [0.2, 0.25) is 0 Å². The summed E-state index contributed by atoms with van der Waals surface area (Å²) in [6.07, 6.45) is 2.31. The second kappa shape index (κ2) is 7.71. The molecule has 0 unspecified atom stereocenters. The zero-order chi connectivity index (χ0) is 13.5. The van der Waals surface area contributed by atoms with Crippen LogP contribution < -0.4 is 11.1 Å². The molecule has 18 heavy (non-hydrogen) atoms. The number of nitrogens with zero attached hydrogens (tertiary/aromatic N) is 1. The summed E-state index contributed by atoms with van der Waals surface area (Å²) in [5, 5.41) is 3.39. The van der Waals surface area contributed by atoms with Crippen molar-refractivity contribution in [3.8, 4) is 0 Å². The van der Waals surface area contributed by atoms with Crippen LogP contribution in [-0.2, 0) is 0 Å². The summed E-state index contributed by atoms with van der Waals surface area (Å²) in [5.41, 5.74) is 7.62. The molecule has 0 aliphatic rings. The molecule has 1 aromatic carbocycles. The molecule has 0 saturated carbocycles. The molecule has 0 amide bonds. The first-order valence-corrected chi connectivity index (χ1v) is 7.19. The first-order valence-electron chi connectivity index (χ1n) is 5.98. The molecule has 1 aromatic rings. The van der Waals surface area contributed by atoms with Gasteiger partial charge in [-0.05, 0) is 51.7 Å². The molecule has 0 heterocycles. The number of halogens is 1. The van der Waals surface area contributed by atoms with Crippen molar-refractivity contribution in [1.82, 2.24) is 4.90 Å². The van der Waals surface area contributed by atoms with Crippen LogP contribution in [0.15, 0.2) is 22.7 Å². The Labute approximate surface area is 123 Å². The molecule has 3 nitrogen and oxygen atoms in total. The standard InChI is InChI=1S/C13H20BrN3S/c1-17(2)8-4-3-7-16-12-6-5-10(14)9-11(12)13(15)18/h5-6,9,16H,3-4,7-8H2,1-2H3,(H2,15,18). The summed E-state index contributed by atoms with van der Waals surface area (Å²) in [5.74, 6) is 0. The van der Waals surface area contributed by atoms with Crippen LogP contribution in [0.1, 0.15) is 18.4 Å². The topological polar surface area (TPSA) is 41.3 Å². The first-order chi connectivity index (χ1) is 8.50. The minimum Gasteiger partial charge on any atom is -0.389 e. The molecule has 3 N–H and O–H groups in total. The number of unbranched alkanes of at least 4 members (excludes halogenated alkanes) is 1. The third-order valence-electron chi connectivity index (χ3n) is 2.59. The fourth-order valence-electron chi connectivity index (χ4n) is 1.65. The number of anilines is 1. The highest BCUT2D eigenvalue weighted by atomic mass is 79.9. The van der Waals surface area contributed by atoms with Gasteiger partial charge in [-0.1, -0.05) is 28.1 Å². The van der Waals surface area contributed by atoms with Crippen molar-refractivity contribution in [2.75, 3.05) is 32.5 Å². The Morgan fingerprint density at radius 1 is 1.39 bits per heavy atom. The zero-order valence-corrected chi connectivity index (χ0v) is 13.3. The molecule has 1 rings (SSSR count). The molecule has 0 saturated heterocycles. The number of benzene rings is 1. The molecule has 0 bridgehead atoms. The van der Waals surface area contributed by atoms with Gasteiger partial charge in [0.15, 0.2) is 0 Å². The van der Waals surface area contributed by atoms with Gasteiger partial charge in [0.25, 0.3) is 0 Å². The number of hydrogen-bond donors (Lipinski definition) is 2. The number of thiocarbonyl (C=S) groups is 1. The van der Waals surface area contributed by atoms with Crippen LogP contribution in [0.4, 0.5) is 5.69 Å². The van der Waals surface area contributed by atoms with Crippen molar-refractivity contribution in [3.05, 3.63) is 28.2 Å². The lowest BCUT2D eigenvalue weighted by molar-refractivity contribution is 0.396. The van der Waals surface area contributed by atoms with Gasteiger partial charge in [0.1, 0.15) is 4.99 Å². The van der Waals surface area contributed by atoms with Gasteiger partial charge < -0.3 is 16.0 Å². The summed E-state index contributed by atoms with van der Waals surface area (Å²) in [6.45, 7) is 2.05. The maximum absolute atomic E-state index is 5.72. The van der Waals surface area contributed by atoms with Crippen LogP contribution in [0.5, 0.6) is 0 Å². The molecular weight excluding hydrogens is 310 g/mol. The van der Waals surface area contributed by atoms with E-state index in [1.165, 1.54) is 6.42 Å². The maximum Gasteiger partial charge on any atom is 0.106 e. The van der Waals surface area contributed by atoms with E-state index in [1.807, 2.05) is 18.2 Å². The van der Waals surface area contributed by atoms with Crippen LogP contribution >= 0.6 is 28.1 Å². The predicted molar refractivity (Wildman–Crippen MR) is 86.3 cm³/mol. The van der Waals surface area contributed by atoms with Gasteiger partial charge in [-0.25, -0.2) is 0 Å². The van der Waals surface area contributed by atoms with Crippen LogP contribution in [0, 0.1) is 0 Å². The third-order valence-corrected chi connectivity index (χ3v) is 3.31. The molecule has 0 aliphatic carbocycles. The van der Waals surface area contributed by atoms with E-state index >= 15 is 0 Å². The quantitative estimate of drug-likeness (QED) is 0.596. The Balaban J connectivity index is 2.49. The highest BCUT2D eigenvalue weighted by Gasteiger charge is 2.05. The maximum atomic E-state index is 5.72. The van der Waals surface area contributed by atoms with Gasteiger partial charge in [-0.3, -0.25) is 0 Å². The van der Waals surface area contributed by atoms with Crippen molar-refractivity contribution < 1.29 is 0 Å². The fraction of sp³-hybridized carbons (Fsp3) is 0.462. The summed E-state index contributed by atoms with van der Waals surface area (Å²) < 4.78 is 0.989. The van der Waals surface area contributed by atoms with Gasteiger partial charge in [-0.15, -0.1) is 0 Å². The smallest absolute Gasteiger partial charge is 0.106 e. The van der Waals surface area contributed by atoms with Crippen molar-refractivity contribution >= 4 is 38.8 Å². The average Bonchev–Trinajstić information content (AvgIpc) is 2.29. The largest absolute Gasteiger partial charge is 0.389 e. The van der Waals surface area contributed by atoms with E-state index in [0.29, 0.717) is 4.99 Å². The van der Waals surface area contributed by atoms with Crippen molar-refractivity contribution in [2.24, 2.45) is 5.73 Å². The number of rotatable bonds is 7. The van der Waals surface area contributed by atoms with Gasteiger partial charge in [0, 0.05) is 22.3 Å². The SMILES string of the molecule is CN(C)CCCCNc1ccc(Br)cc1C(N)=S. The Hall–Kier alpha value is -0.650. The number of nitrogens with two attached hydrogens (primary N) is 1. The zero-order valence-electron chi connectivity index (χ0n) is 10.9. The molecule has 0 atom stereocenters. The second-order valence-electron chi connectivity index (χ2n) is 4.49. The van der Waals surface area contributed by atoms with E-state index in [1.54, 1.807) is 0 Å². The molecule has 0 aliphatic heterocycles. The molecule has 100 valence electrons. The van der Waals surface area contributed by atoms with E-state index in [2.05, 4.69) is 40.2 Å². The van der Waals surface area contributed by atoms with Gasteiger partial charge in [-0.2, -0.15) is 0 Å². The average molecular weight is 330 g/mol. The van der Waals surface area contributed by atoms with E-state index < -0.39 is 0 Å². The minimum absolute atomic E-state index is 0.423. The molecule has 0 fully saturated rings. The highest BCUT2D eigenvalue weighted by Crippen LogP contribution is 2.21. The monoisotopic (exact) mass is 329 g/mol. The molecular formula is C13H20BrN3S. The molecule has 0 aromatic heterocycles. The number of hydrogen-bond acceptors (Lipinski definition) is 3. The van der Waals surface area contributed by atoms with Gasteiger partial charge >= 0.3 is 0 Å². The first kappa shape index (κ1) is 15.4. The van der Waals surface area contributed by atoms with Crippen molar-refractivity contribution in [3.63, 3.8) is 0 Å². The molecule has 0 spiro atoms. The van der Waals surface area contributed by atoms with Crippen LogP contribution in [0.25, 0.3) is 0 Å². The Morgan fingerprint density at radius 3 is 2.72 bits per heavy atom. The van der Waals surface area contributed by atoms with E-state index in [4.69, 9.17) is 18.0 Å². The lowest BCUT2D eigenvalue weighted by Crippen LogP contribution is -2.16. The Morgan fingerprint density at radius 2 is 2.11 bits per heavy atom. The summed E-state index contributed by atoms with van der Waals surface area (Å²) in [7, 11) is 4.18.